The zero-order valence-corrected chi connectivity index (χ0v) is 42.0. The molecule has 0 bridgehead atoms. The third-order valence-electron chi connectivity index (χ3n) is 15.3. The average molecular weight is 895 g/mol. The summed E-state index contributed by atoms with van der Waals surface area (Å²) in [6.07, 6.45) is 2.30. The zero-order valence-electron chi connectivity index (χ0n) is 41.2. The molecule has 0 radical (unpaired) electrons. The lowest BCUT2D eigenvalue weighted by Crippen LogP contribution is -2.61. The molecule has 2 N–H and O–H groups in total. The minimum Gasteiger partial charge on any atom is -0.397 e. The number of nitrogens with zero attached hydrogens (tertiary/aromatic N) is 3. The first-order valence-corrected chi connectivity index (χ1v) is 25.0. The van der Waals surface area contributed by atoms with Crippen LogP contribution < -0.4 is 36.1 Å². The van der Waals surface area contributed by atoms with E-state index >= 15 is 0 Å². The monoisotopic (exact) mass is 894 g/mol. The Morgan fingerprint density at radius 3 is 1.84 bits per heavy atom. The normalized spacial score (nSPS) is 15.8. The third kappa shape index (κ3) is 6.92. The van der Waals surface area contributed by atoms with E-state index in [9.17, 15) is 0 Å². The molecule has 11 rings (SSSR count). The highest BCUT2D eigenvalue weighted by Gasteiger charge is 2.48. The molecule has 8 aromatic rings. The highest BCUT2D eigenvalue weighted by Crippen LogP contribution is 2.54. The summed E-state index contributed by atoms with van der Waals surface area (Å²) in [5.41, 5.74) is 27.7. The molecule has 1 aromatic heterocycles. The zero-order chi connectivity index (χ0) is 46.9. The van der Waals surface area contributed by atoms with Crippen LogP contribution in [0, 0.1) is 6.92 Å². The van der Waals surface area contributed by atoms with E-state index in [1.165, 1.54) is 82.0 Å². The molecule has 6 heteroatoms. The number of hydrogen-bond donors (Lipinski definition) is 1. The fourth-order valence-corrected chi connectivity index (χ4v) is 12.6. The summed E-state index contributed by atoms with van der Waals surface area (Å²) < 4.78 is 2.71. The van der Waals surface area contributed by atoms with Crippen molar-refractivity contribution in [2.24, 2.45) is 0 Å². The molecule has 67 heavy (non-hydrogen) atoms. The lowest BCUT2D eigenvalue weighted by molar-refractivity contribution is 0.332. The summed E-state index contributed by atoms with van der Waals surface area (Å²) in [5, 5.41) is 1.31. The van der Waals surface area contributed by atoms with Gasteiger partial charge in [0.15, 0.2) is 0 Å². The van der Waals surface area contributed by atoms with Gasteiger partial charge in [-0.15, -0.1) is 11.3 Å². The van der Waals surface area contributed by atoms with Crippen LogP contribution in [0.5, 0.6) is 0 Å². The second kappa shape index (κ2) is 15.1. The number of benzene rings is 7. The third-order valence-corrected chi connectivity index (χ3v) is 16.5. The van der Waals surface area contributed by atoms with Gasteiger partial charge in [0.25, 0.3) is 6.71 Å². The van der Waals surface area contributed by atoms with Gasteiger partial charge < -0.3 is 20.4 Å². The molecule has 0 spiro atoms. The summed E-state index contributed by atoms with van der Waals surface area (Å²) in [5.74, 6) is 0. The van der Waals surface area contributed by atoms with Crippen LogP contribution in [0.25, 0.3) is 10.1 Å². The average Bonchev–Trinajstić information content (AvgIpc) is 3.67. The second-order valence-electron chi connectivity index (χ2n) is 22.8. The highest BCUT2D eigenvalue weighted by atomic mass is 32.1. The Kier molecular flexibility index (Phi) is 9.79. The van der Waals surface area contributed by atoms with Crippen molar-refractivity contribution < 1.29 is 0 Å². The molecular weight excluding hydrogens is 832 g/mol. The minimum atomic E-state index is -0.0240. The molecule has 3 aliphatic rings. The molecule has 336 valence electrons. The maximum absolute atomic E-state index is 7.02. The molecule has 0 unspecified atom stereocenters. The van der Waals surface area contributed by atoms with E-state index in [1.807, 2.05) is 23.5 Å². The molecular formula is C61H63BN4S. The van der Waals surface area contributed by atoms with Crippen LogP contribution in [0.2, 0.25) is 0 Å². The van der Waals surface area contributed by atoms with E-state index in [2.05, 4.69) is 224 Å². The van der Waals surface area contributed by atoms with Crippen molar-refractivity contribution in [3.8, 4) is 0 Å². The Morgan fingerprint density at radius 1 is 0.582 bits per heavy atom. The molecule has 1 aliphatic carbocycles. The Balaban J connectivity index is 1.33. The summed E-state index contributed by atoms with van der Waals surface area (Å²) in [6.45, 7) is 26.0. The summed E-state index contributed by atoms with van der Waals surface area (Å²) in [7, 11) is 0. The van der Waals surface area contributed by atoms with Crippen molar-refractivity contribution in [1.29, 1.82) is 0 Å². The van der Waals surface area contributed by atoms with Gasteiger partial charge in [-0.25, -0.2) is 0 Å². The Labute approximate surface area is 403 Å². The number of anilines is 10. The van der Waals surface area contributed by atoms with Gasteiger partial charge >= 0.3 is 0 Å². The molecule has 4 nitrogen and oxygen atoms in total. The van der Waals surface area contributed by atoms with Crippen molar-refractivity contribution in [2.45, 2.75) is 111 Å². The molecule has 7 aromatic carbocycles. The van der Waals surface area contributed by atoms with Gasteiger partial charge in [-0.05, 0) is 153 Å². The number of hydrogen-bond acceptors (Lipinski definition) is 5. The van der Waals surface area contributed by atoms with Crippen molar-refractivity contribution in [3.63, 3.8) is 0 Å². The molecule has 3 heterocycles. The van der Waals surface area contributed by atoms with Crippen LogP contribution in [0.15, 0.2) is 146 Å². The first-order chi connectivity index (χ1) is 31.8. The Morgan fingerprint density at radius 2 is 1.18 bits per heavy atom. The van der Waals surface area contributed by atoms with Gasteiger partial charge in [-0.1, -0.05) is 142 Å². The topological polar surface area (TPSA) is 35.7 Å². The van der Waals surface area contributed by atoms with Crippen molar-refractivity contribution in [1.82, 2.24) is 0 Å². The van der Waals surface area contributed by atoms with Gasteiger partial charge in [0, 0.05) is 49.0 Å². The van der Waals surface area contributed by atoms with Crippen LogP contribution in [0.3, 0.4) is 0 Å². The number of fused-ring (bicyclic) bond motifs is 7. The predicted molar refractivity (Wildman–Crippen MR) is 292 cm³/mol. The number of aryl methyl sites for hydroxylation is 1. The maximum atomic E-state index is 7.02. The quantitative estimate of drug-likeness (QED) is 0.138. The Hall–Kier alpha value is -6.24. The van der Waals surface area contributed by atoms with Crippen molar-refractivity contribution in [2.75, 3.05) is 20.4 Å². The van der Waals surface area contributed by atoms with Crippen LogP contribution in [-0.2, 0) is 21.7 Å². The first kappa shape index (κ1) is 43.3. The van der Waals surface area contributed by atoms with E-state index in [1.54, 1.807) is 0 Å². The fraction of sp³-hybridized carbons (Fsp3) is 0.279. The SMILES string of the molecule is Cc1ccccc1N1c2cc3c(cc2B2c4sc5ccc(C(C)(C)C)cc5c4N(c4ccc(C(C)(C)C)cc4)c4cc(N(c5ccccc5)c5ccccc5N)cc1c42)C(C)(C)CCC3(C)C. The smallest absolute Gasteiger partial charge is 0.264 e. The number of para-hydroxylation sites is 4. The highest BCUT2D eigenvalue weighted by molar-refractivity contribution is 7.33. The first-order valence-electron chi connectivity index (χ1n) is 24.2. The van der Waals surface area contributed by atoms with E-state index in [0.717, 1.165) is 41.3 Å². The molecule has 0 saturated heterocycles. The van der Waals surface area contributed by atoms with Gasteiger partial charge in [-0.3, -0.25) is 0 Å². The standard InChI is InChI=1S/C61H63BN4S/c1-38-19-15-17-23-49(38)66-51-37-46-45(60(8,9)31-32-61(46,10)11)36-47(51)62-55-52(34-43(35-53(55)66)64(41-20-13-12-14-21-41)50-24-18-16-22-48(50)63)65(42-28-25-39(26-29-42)58(2,3)4)56-44-33-40(59(5,6)7)27-30-54(44)67-57(56)62/h12-30,33-37H,31-32,63H2,1-11H3. The van der Waals surface area contributed by atoms with Gasteiger partial charge in [-0.2, -0.15) is 0 Å². The number of rotatable bonds is 5. The Bertz CT molecular complexity index is 3260. The van der Waals surface area contributed by atoms with E-state index < -0.39 is 0 Å². The van der Waals surface area contributed by atoms with E-state index in [0.29, 0.717) is 0 Å². The lowest BCUT2D eigenvalue weighted by atomic mass is 9.35. The summed E-state index contributed by atoms with van der Waals surface area (Å²) in [6, 6.07) is 54.9. The van der Waals surface area contributed by atoms with Crippen molar-refractivity contribution in [3.05, 3.63) is 173 Å². The molecule has 0 atom stereocenters. The largest absolute Gasteiger partial charge is 0.397 e. The number of nitrogens with two attached hydrogens (primary N) is 1. The van der Waals surface area contributed by atoms with Crippen LogP contribution in [-0.4, -0.2) is 6.71 Å². The van der Waals surface area contributed by atoms with Crippen LogP contribution in [0.4, 0.5) is 56.9 Å². The molecule has 0 saturated carbocycles. The molecule has 0 amide bonds. The molecule has 0 fully saturated rings. The van der Waals surface area contributed by atoms with Gasteiger partial charge in [0.05, 0.1) is 22.7 Å². The van der Waals surface area contributed by atoms with E-state index in [4.69, 9.17) is 5.73 Å². The minimum absolute atomic E-state index is 0.0111. The summed E-state index contributed by atoms with van der Waals surface area (Å²) >= 11 is 1.98. The van der Waals surface area contributed by atoms with Gasteiger partial charge in [0.1, 0.15) is 0 Å². The van der Waals surface area contributed by atoms with Crippen molar-refractivity contribution >= 4 is 101 Å². The predicted octanol–water partition coefficient (Wildman–Crippen LogP) is 15.3. The lowest BCUT2D eigenvalue weighted by Gasteiger charge is -2.47. The van der Waals surface area contributed by atoms with E-state index in [-0.39, 0.29) is 28.4 Å². The number of nitrogen functional groups attached to an aromatic ring is 1. The fourth-order valence-electron chi connectivity index (χ4n) is 11.3. The maximum Gasteiger partial charge on any atom is 0.264 e. The second-order valence-corrected chi connectivity index (χ2v) is 23.9. The number of thiophene rings is 1. The molecule has 2 aliphatic heterocycles. The van der Waals surface area contributed by atoms with Crippen LogP contribution in [0.1, 0.15) is 110 Å². The van der Waals surface area contributed by atoms with Crippen LogP contribution >= 0.6 is 11.3 Å². The van der Waals surface area contributed by atoms with Gasteiger partial charge in [0.2, 0.25) is 0 Å². The summed E-state index contributed by atoms with van der Waals surface area (Å²) in [4.78, 5) is 7.61.